The molecule has 0 amide bonds. The first-order valence-electron chi connectivity index (χ1n) is 7.58. The van der Waals surface area contributed by atoms with Gasteiger partial charge in [-0.05, 0) is 50.1 Å². The summed E-state index contributed by atoms with van der Waals surface area (Å²) in [6, 6.07) is 0. The second-order valence-electron chi connectivity index (χ2n) is 6.62. The minimum absolute atomic E-state index is 0.760. The molecular weight excluding hydrogens is 208 g/mol. The molecule has 2 fully saturated rings. The summed E-state index contributed by atoms with van der Waals surface area (Å²) in [4.78, 5) is 5.25. The summed E-state index contributed by atoms with van der Waals surface area (Å²) in [7, 11) is 0. The molecule has 2 rings (SSSR count). The van der Waals surface area contributed by atoms with Gasteiger partial charge in [0.25, 0.3) is 0 Å². The Balaban J connectivity index is 1.66. The quantitative estimate of drug-likeness (QED) is 0.702. The maximum Gasteiger partial charge on any atom is 0.0110 e. The van der Waals surface area contributed by atoms with E-state index in [0.29, 0.717) is 0 Å². The van der Waals surface area contributed by atoms with Gasteiger partial charge in [0.2, 0.25) is 0 Å². The first-order chi connectivity index (χ1) is 8.13. The van der Waals surface area contributed by atoms with Crippen LogP contribution in [0.15, 0.2) is 0 Å². The topological polar surface area (TPSA) is 6.48 Å². The average Bonchev–Trinajstić information content (AvgIpc) is 3.06. The minimum atomic E-state index is 0.760. The van der Waals surface area contributed by atoms with E-state index in [0.717, 1.165) is 11.3 Å². The van der Waals surface area contributed by atoms with Gasteiger partial charge in [-0.15, -0.1) is 0 Å². The van der Waals surface area contributed by atoms with Crippen molar-refractivity contribution >= 4 is 0 Å². The van der Waals surface area contributed by atoms with Crippen LogP contribution in [0.1, 0.15) is 46.5 Å². The third kappa shape index (κ3) is 3.96. The van der Waals surface area contributed by atoms with Gasteiger partial charge in [-0.2, -0.15) is 0 Å². The molecule has 2 nitrogen and oxygen atoms in total. The van der Waals surface area contributed by atoms with Gasteiger partial charge in [-0.3, -0.25) is 0 Å². The van der Waals surface area contributed by atoms with E-state index < -0.39 is 0 Å². The largest absolute Gasteiger partial charge is 0.301 e. The molecule has 0 unspecified atom stereocenters. The molecular formula is C15H30N2. The van der Waals surface area contributed by atoms with Crippen LogP contribution in [0.3, 0.4) is 0 Å². The van der Waals surface area contributed by atoms with Gasteiger partial charge >= 0.3 is 0 Å². The summed E-state index contributed by atoms with van der Waals surface area (Å²) < 4.78 is 0. The van der Waals surface area contributed by atoms with Crippen molar-refractivity contribution in [1.82, 2.24) is 9.80 Å². The fourth-order valence-electron chi connectivity index (χ4n) is 3.32. The molecule has 2 heteroatoms. The Hall–Kier alpha value is -0.0800. The number of hydrogen-bond acceptors (Lipinski definition) is 2. The van der Waals surface area contributed by atoms with Gasteiger partial charge in [0.15, 0.2) is 0 Å². The highest BCUT2D eigenvalue weighted by Crippen LogP contribution is 2.53. The molecule has 1 aliphatic heterocycles. The first kappa shape index (κ1) is 13.4. The molecule has 0 aromatic rings. The molecule has 0 bridgehead atoms. The summed E-state index contributed by atoms with van der Waals surface area (Å²) in [5.41, 5.74) is 0.760. The highest BCUT2D eigenvalue weighted by molar-refractivity contribution is 4.94. The maximum atomic E-state index is 2.69. The van der Waals surface area contributed by atoms with Crippen molar-refractivity contribution < 1.29 is 0 Å². The van der Waals surface area contributed by atoms with Crippen molar-refractivity contribution in [2.45, 2.75) is 46.5 Å². The predicted molar refractivity (Wildman–Crippen MR) is 74.3 cm³/mol. The first-order valence-corrected chi connectivity index (χ1v) is 7.58. The van der Waals surface area contributed by atoms with Gasteiger partial charge < -0.3 is 9.80 Å². The standard InChI is InChI=1S/C15H30N2/c1-4-16-9-11-17(12-10-16)8-7-15(5-6-15)13-14(2)3/h14H,4-13H2,1-3H3. The predicted octanol–water partition coefficient (Wildman–Crippen LogP) is 2.84. The zero-order valence-electron chi connectivity index (χ0n) is 12.0. The summed E-state index contributed by atoms with van der Waals surface area (Å²) in [5, 5.41) is 0. The monoisotopic (exact) mass is 238 g/mol. The van der Waals surface area contributed by atoms with E-state index in [9.17, 15) is 0 Å². The number of rotatable bonds is 6. The molecule has 0 N–H and O–H groups in total. The van der Waals surface area contributed by atoms with E-state index in [1.165, 1.54) is 65.0 Å². The van der Waals surface area contributed by atoms with Crippen molar-refractivity contribution in [2.24, 2.45) is 11.3 Å². The molecule has 0 radical (unpaired) electrons. The Bertz CT molecular complexity index is 225. The molecule has 2 aliphatic rings. The van der Waals surface area contributed by atoms with E-state index in [1.54, 1.807) is 0 Å². The molecule has 17 heavy (non-hydrogen) atoms. The summed E-state index contributed by atoms with van der Waals surface area (Å²) >= 11 is 0. The summed E-state index contributed by atoms with van der Waals surface area (Å²) in [6.07, 6.45) is 5.92. The van der Waals surface area contributed by atoms with E-state index >= 15 is 0 Å². The van der Waals surface area contributed by atoms with Crippen LogP contribution in [0.4, 0.5) is 0 Å². The van der Waals surface area contributed by atoms with Gasteiger partial charge in [0.05, 0.1) is 0 Å². The molecule has 1 aliphatic carbocycles. The second kappa shape index (κ2) is 5.71. The molecule has 1 heterocycles. The summed E-state index contributed by atoms with van der Waals surface area (Å²) in [6.45, 7) is 14.8. The average molecular weight is 238 g/mol. The van der Waals surface area contributed by atoms with Gasteiger partial charge in [0, 0.05) is 26.2 Å². The minimum Gasteiger partial charge on any atom is -0.301 e. The molecule has 100 valence electrons. The number of hydrogen-bond donors (Lipinski definition) is 0. The molecule has 0 atom stereocenters. The van der Waals surface area contributed by atoms with Gasteiger partial charge in [-0.25, -0.2) is 0 Å². The van der Waals surface area contributed by atoms with Gasteiger partial charge in [-0.1, -0.05) is 20.8 Å². The number of nitrogens with zero attached hydrogens (tertiary/aromatic N) is 2. The van der Waals surface area contributed by atoms with Crippen molar-refractivity contribution in [3.63, 3.8) is 0 Å². The lowest BCUT2D eigenvalue weighted by molar-refractivity contribution is 0.127. The van der Waals surface area contributed by atoms with Gasteiger partial charge in [0.1, 0.15) is 0 Å². The van der Waals surface area contributed by atoms with Crippen LogP contribution in [-0.4, -0.2) is 49.1 Å². The highest BCUT2D eigenvalue weighted by atomic mass is 15.3. The third-order valence-electron chi connectivity index (χ3n) is 4.67. The zero-order valence-corrected chi connectivity index (χ0v) is 12.0. The van der Waals surface area contributed by atoms with Crippen molar-refractivity contribution in [3.8, 4) is 0 Å². The van der Waals surface area contributed by atoms with E-state index in [-0.39, 0.29) is 0 Å². The third-order valence-corrected chi connectivity index (χ3v) is 4.67. The highest BCUT2D eigenvalue weighted by Gasteiger charge is 2.42. The molecule has 1 saturated carbocycles. The smallest absolute Gasteiger partial charge is 0.0110 e. The van der Waals surface area contributed by atoms with Crippen LogP contribution in [0.5, 0.6) is 0 Å². The number of likely N-dealkylation sites (N-methyl/N-ethyl adjacent to an activating group) is 1. The van der Waals surface area contributed by atoms with E-state index in [4.69, 9.17) is 0 Å². The van der Waals surface area contributed by atoms with Crippen molar-refractivity contribution in [2.75, 3.05) is 39.3 Å². The SMILES string of the molecule is CCN1CCN(CCC2(CC(C)C)CC2)CC1. The fraction of sp³-hybridized carbons (Fsp3) is 1.00. The molecule has 0 aromatic carbocycles. The molecule has 0 spiro atoms. The maximum absolute atomic E-state index is 2.69. The van der Waals surface area contributed by atoms with Crippen molar-refractivity contribution in [3.05, 3.63) is 0 Å². The zero-order chi connectivity index (χ0) is 12.3. The molecule has 1 saturated heterocycles. The van der Waals surface area contributed by atoms with Crippen LogP contribution < -0.4 is 0 Å². The Morgan fingerprint density at radius 1 is 1.00 bits per heavy atom. The van der Waals surface area contributed by atoms with Crippen LogP contribution in [0.25, 0.3) is 0 Å². The number of piperazine rings is 1. The summed E-state index contributed by atoms with van der Waals surface area (Å²) in [5.74, 6) is 0.884. The fourth-order valence-corrected chi connectivity index (χ4v) is 3.32. The second-order valence-corrected chi connectivity index (χ2v) is 6.62. The van der Waals surface area contributed by atoms with Crippen LogP contribution in [0, 0.1) is 11.3 Å². The van der Waals surface area contributed by atoms with E-state index in [2.05, 4.69) is 30.6 Å². The Kier molecular flexibility index (Phi) is 4.48. The molecule has 0 aromatic heterocycles. The van der Waals surface area contributed by atoms with Crippen LogP contribution >= 0.6 is 0 Å². The Morgan fingerprint density at radius 2 is 1.59 bits per heavy atom. The van der Waals surface area contributed by atoms with E-state index in [1.807, 2.05) is 0 Å². The normalized spacial score (nSPS) is 25.4. The van der Waals surface area contributed by atoms with Crippen LogP contribution in [0.2, 0.25) is 0 Å². The lowest BCUT2D eigenvalue weighted by Gasteiger charge is -2.35. The lowest BCUT2D eigenvalue weighted by Crippen LogP contribution is -2.46. The lowest BCUT2D eigenvalue weighted by atomic mass is 9.91. The Morgan fingerprint density at radius 3 is 2.06 bits per heavy atom. The Labute approximate surface area is 107 Å². The van der Waals surface area contributed by atoms with Crippen molar-refractivity contribution in [1.29, 1.82) is 0 Å². The van der Waals surface area contributed by atoms with Crippen LogP contribution in [-0.2, 0) is 0 Å².